The van der Waals surface area contributed by atoms with Crippen molar-refractivity contribution >= 4 is 28.8 Å². The molecule has 1 aliphatic rings. The summed E-state index contributed by atoms with van der Waals surface area (Å²) in [7, 11) is 1.58. The van der Waals surface area contributed by atoms with Gasteiger partial charge in [0.1, 0.15) is 4.99 Å². The molecule has 6 heteroatoms. The molecule has 3 rings (SSSR count). The summed E-state index contributed by atoms with van der Waals surface area (Å²) in [6.45, 7) is 4.00. The predicted molar refractivity (Wildman–Crippen MR) is 115 cm³/mol. The van der Waals surface area contributed by atoms with Gasteiger partial charge in [-0.15, -0.1) is 0 Å². The van der Waals surface area contributed by atoms with Gasteiger partial charge in [-0.05, 0) is 55.2 Å². The molecule has 148 valence electrons. The molecule has 0 bridgehead atoms. The Labute approximate surface area is 171 Å². The highest BCUT2D eigenvalue weighted by molar-refractivity contribution is 7.80. The van der Waals surface area contributed by atoms with E-state index in [9.17, 15) is 4.79 Å². The van der Waals surface area contributed by atoms with Gasteiger partial charge in [0.25, 0.3) is 5.91 Å². The molecule has 0 radical (unpaired) electrons. The predicted octanol–water partition coefficient (Wildman–Crippen LogP) is 4.05. The standard InChI is InChI=1S/C22H26N2O3S/c1-3-16-6-9-18(10-7-16)23-21(25)15-27-19-11-8-17(14-20(19)26-2)22(28)24-12-4-5-13-24/h6-11,14H,3-5,12-13,15H2,1-2H3,(H,23,25). The molecule has 1 amide bonds. The number of benzene rings is 2. The van der Waals surface area contributed by atoms with E-state index in [0.717, 1.165) is 35.7 Å². The van der Waals surface area contributed by atoms with Crippen LogP contribution >= 0.6 is 12.2 Å². The topological polar surface area (TPSA) is 50.8 Å². The van der Waals surface area contributed by atoms with Gasteiger partial charge in [-0.2, -0.15) is 0 Å². The fraction of sp³-hybridized carbons (Fsp3) is 0.364. The van der Waals surface area contributed by atoms with E-state index in [1.165, 1.54) is 18.4 Å². The van der Waals surface area contributed by atoms with Crippen LogP contribution in [0.25, 0.3) is 0 Å². The van der Waals surface area contributed by atoms with Crippen molar-refractivity contribution in [2.24, 2.45) is 0 Å². The SMILES string of the molecule is CCc1ccc(NC(=O)COc2ccc(C(=S)N3CCCC3)cc2OC)cc1. The van der Waals surface area contributed by atoms with E-state index >= 15 is 0 Å². The number of ether oxygens (including phenoxy) is 2. The summed E-state index contributed by atoms with van der Waals surface area (Å²) in [5.41, 5.74) is 2.91. The molecule has 2 aromatic rings. The summed E-state index contributed by atoms with van der Waals surface area (Å²) >= 11 is 5.59. The lowest BCUT2D eigenvalue weighted by molar-refractivity contribution is -0.118. The Morgan fingerprint density at radius 3 is 2.46 bits per heavy atom. The minimum atomic E-state index is -0.219. The van der Waals surface area contributed by atoms with Gasteiger partial charge in [-0.25, -0.2) is 0 Å². The van der Waals surface area contributed by atoms with E-state index in [-0.39, 0.29) is 12.5 Å². The number of rotatable bonds is 7. The van der Waals surface area contributed by atoms with Gasteiger partial charge >= 0.3 is 0 Å². The van der Waals surface area contributed by atoms with Gasteiger partial charge in [0.05, 0.1) is 7.11 Å². The van der Waals surface area contributed by atoms with E-state index in [4.69, 9.17) is 21.7 Å². The zero-order chi connectivity index (χ0) is 19.9. The second kappa shape index (κ2) is 9.55. The molecule has 1 fully saturated rings. The fourth-order valence-corrected chi connectivity index (χ4v) is 3.50. The van der Waals surface area contributed by atoms with Gasteiger partial charge in [0, 0.05) is 24.3 Å². The van der Waals surface area contributed by atoms with Crippen molar-refractivity contribution in [3.8, 4) is 11.5 Å². The lowest BCUT2D eigenvalue weighted by Crippen LogP contribution is -2.26. The number of anilines is 1. The summed E-state index contributed by atoms with van der Waals surface area (Å²) in [6.07, 6.45) is 3.32. The number of nitrogens with zero attached hydrogens (tertiary/aromatic N) is 1. The van der Waals surface area contributed by atoms with Crippen LogP contribution in [-0.2, 0) is 11.2 Å². The van der Waals surface area contributed by atoms with Crippen LogP contribution in [0.1, 0.15) is 30.9 Å². The highest BCUT2D eigenvalue weighted by atomic mass is 32.1. The molecule has 1 saturated heterocycles. The maximum atomic E-state index is 12.2. The third-order valence-corrected chi connectivity index (χ3v) is 5.30. The van der Waals surface area contributed by atoms with Crippen molar-refractivity contribution in [2.75, 3.05) is 32.1 Å². The summed E-state index contributed by atoms with van der Waals surface area (Å²) in [4.78, 5) is 15.2. The average Bonchev–Trinajstić information content (AvgIpc) is 3.27. The zero-order valence-corrected chi connectivity index (χ0v) is 17.2. The number of carbonyl (C=O) groups is 1. The van der Waals surface area contributed by atoms with Crippen LogP contribution < -0.4 is 14.8 Å². The summed E-state index contributed by atoms with van der Waals surface area (Å²) in [5, 5.41) is 2.84. The maximum Gasteiger partial charge on any atom is 0.262 e. The first-order valence-electron chi connectivity index (χ1n) is 9.59. The normalized spacial score (nSPS) is 13.3. The molecule has 0 unspecified atom stereocenters. The lowest BCUT2D eigenvalue weighted by atomic mass is 10.1. The van der Waals surface area contributed by atoms with Crippen LogP contribution in [-0.4, -0.2) is 42.6 Å². The number of carbonyl (C=O) groups excluding carboxylic acids is 1. The largest absolute Gasteiger partial charge is 0.493 e. The molecule has 1 aliphatic heterocycles. The number of aryl methyl sites for hydroxylation is 1. The number of likely N-dealkylation sites (tertiary alicyclic amines) is 1. The Kier molecular flexibility index (Phi) is 6.87. The minimum absolute atomic E-state index is 0.0954. The molecule has 0 aromatic heterocycles. The summed E-state index contributed by atoms with van der Waals surface area (Å²) in [5.74, 6) is 0.870. The van der Waals surface area contributed by atoms with Crippen LogP contribution in [0.4, 0.5) is 5.69 Å². The Bertz CT molecular complexity index is 830. The number of hydrogen-bond donors (Lipinski definition) is 1. The molecule has 28 heavy (non-hydrogen) atoms. The number of thiocarbonyl (C=S) groups is 1. The number of methoxy groups -OCH3 is 1. The van der Waals surface area contributed by atoms with Crippen molar-refractivity contribution < 1.29 is 14.3 Å². The molecule has 2 aromatic carbocycles. The zero-order valence-electron chi connectivity index (χ0n) is 16.4. The monoisotopic (exact) mass is 398 g/mol. The number of nitrogens with one attached hydrogen (secondary N) is 1. The fourth-order valence-electron chi connectivity index (χ4n) is 3.19. The maximum absolute atomic E-state index is 12.2. The van der Waals surface area contributed by atoms with Crippen molar-refractivity contribution in [3.05, 3.63) is 53.6 Å². The molecule has 0 aliphatic carbocycles. The first-order valence-corrected chi connectivity index (χ1v) is 10.0. The summed E-state index contributed by atoms with van der Waals surface area (Å²) in [6, 6.07) is 13.4. The molecule has 0 spiro atoms. The van der Waals surface area contributed by atoms with E-state index in [0.29, 0.717) is 11.5 Å². The van der Waals surface area contributed by atoms with E-state index in [2.05, 4.69) is 17.1 Å². The van der Waals surface area contributed by atoms with Gasteiger partial charge in [0.2, 0.25) is 0 Å². The smallest absolute Gasteiger partial charge is 0.262 e. The van der Waals surface area contributed by atoms with Crippen molar-refractivity contribution in [1.29, 1.82) is 0 Å². The van der Waals surface area contributed by atoms with Crippen LogP contribution in [0, 0.1) is 0 Å². The first-order chi connectivity index (χ1) is 13.6. The van der Waals surface area contributed by atoms with Gasteiger partial charge in [-0.1, -0.05) is 31.3 Å². The molecule has 0 atom stereocenters. The molecule has 1 heterocycles. The van der Waals surface area contributed by atoms with E-state index in [1.807, 2.05) is 36.4 Å². The first kappa shape index (κ1) is 20.1. The van der Waals surface area contributed by atoms with Crippen LogP contribution in [0.5, 0.6) is 11.5 Å². The van der Waals surface area contributed by atoms with Crippen LogP contribution in [0.15, 0.2) is 42.5 Å². The lowest BCUT2D eigenvalue weighted by Gasteiger charge is -2.19. The minimum Gasteiger partial charge on any atom is -0.493 e. The Morgan fingerprint density at radius 1 is 1.11 bits per heavy atom. The van der Waals surface area contributed by atoms with Crippen molar-refractivity contribution in [2.45, 2.75) is 26.2 Å². The molecule has 1 N–H and O–H groups in total. The summed E-state index contributed by atoms with van der Waals surface area (Å²) < 4.78 is 11.1. The van der Waals surface area contributed by atoms with Crippen molar-refractivity contribution in [1.82, 2.24) is 4.90 Å². The molecule has 0 saturated carbocycles. The Balaban J connectivity index is 1.59. The highest BCUT2D eigenvalue weighted by Crippen LogP contribution is 2.29. The third kappa shape index (κ3) is 5.01. The van der Waals surface area contributed by atoms with Gasteiger partial charge < -0.3 is 19.7 Å². The number of hydrogen-bond acceptors (Lipinski definition) is 4. The molecular weight excluding hydrogens is 372 g/mol. The second-order valence-electron chi connectivity index (χ2n) is 6.75. The number of amides is 1. The van der Waals surface area contributed by atoms with Crippen LogP contribution in [0.2, 0.25) is 0 Å². The molecular formula is C22H26N2O3S. The Hall–Kier alpha value is -2.60. The van der Waals surface area contributed by atoms with Crippen molar-refractivity contribution in [3.63, 3.8) is 0 Å². The second-order valence-corrected chi connectivity index (χ2v) is 7.14. The highest BCUT2D eigenvalue weighted by Gasteiger charge is 2.18. The Morgan fingerprint density at radius 2 is 1.82 bits per heavy atom. The average molecular weight is 399 g/mol. The third-order valence-electron chi connectivity index (χ3n) is 4.81. The van der Waals surface area contributed by atoms with Gasteiger partial charge in [-0.3, -0.25) is 4.79 Å². The van der Waals surface area contributed by atoms with Crippen LogP contribution in [0.3, 0.4) is 0 Å². The van der Waals surface area contributed by atoms with E-state index < -0.39 is 0 Å². The van der Waals surface area contributed by atoms with Gasteiger partial charge in [0.15, 0.2) is 18.1 Å². The molecule has 5 nitrogen and oxygen atoms in total. The quantitative estimate of drug-likeness (QED) is 0.713. The van der Waals surface area contributed by atoms with E-state index in [1.54, 1.807) is 13.2 Å².